The highest BCUT2D eigenvalue weighted by atomic mass is 16.5. The summed E-state index contributed by atoms with van der Waals surface area (Å²) in [5.74, 6) is 0.866. The minimum atomic E-state index is -0.0410. The maximum atomic E-state index is 12.7. The van der Waals surface area contributed by atoms with Crippen LogP contribution in [-0.2, 0) is 4.79 Å². The van der Waals surface area contributed by atoms with Crippen LogP contribution in [-0.4, -0.2) is 67.5 Å². The molecule has 1 aliphatic heterocycles. The Morgan fingerprint density at radius 3 is 2.46 bits per heavy atom. The molecule has 1 N–H and O–H groups in total. The number of carbonyl (C=O) groups is 2. The van der Waals surface area contributed by atoms with Crippen LogP contribution in [0.15, 0.2) is 24.3 Å². The average molecular weight is 361 g/mol. The lowest BCUT2D eigenvalue weighted by Gasteiger charge is -2.28. The summed E-state index contributed by atoms with van der Waals surface area (Å²) >= 11 is 0. The van der Waals surface area contributed by atoms with Crippen molar-refractivity contribution in [1.82, 2.24) is 15.1 Å². The van der Waals surface area contributed by atoms with Crippen molar-refractivity contribution in [3.8, 4) is 5.75 Å². The predicted molar refractivity (Wildman–Crippen MR) is 102 cm³/mol. The zero-order valence-electron chi connectivity index (χ0n) is 16.0. The average Bonchev–Trinajstić information content (AvgIpc) is 2.69. The molecule has 6 heteroatoms. The Hall–Kier alpha value is -2.08. The van der Waals surface area contributed by atoms with E-state index in [1.807, 2.05) is 24.0 Å². The lowest BCUT2D eigenvalue weighted by molar-refractivity contribution is -0.131. The molecule has 0 spiro atoms. The van der Waals surface area contributed by atoms with Gasteiger partial charge in [-0.25, -0.2) is 0 Å². The first-order valence-corrected chi connectivity index (χ1v) is 9.66. The summed E-state index contributed by atoms with van der Waals surface area (Å²) in [7, 11) is 0. The van der Waals surface area contributed by atoms with Crippen LogP contribution in [0.25, 0.3) is 0 Å². The van der Waals surface area contributed by atoms with E-state index < -0.39 is 0 Å². The van der Waals surface area contributed by atoms with Crippen molar-refractivity contribution in [2.75, 3.05) is 45.9 Å². The number of nitrogens with zero attached hydrogens (tertiary/aromatic N) is 2. The van der Waals surface area contributed by atoms with Crippen molar-refractivity contribution in [2.45, 2.75) is 33.1 Å². The molecule has 144 valence electrons. The number of ether oxygens (including phenoxy) is 1. The fourth-order valence-corrected chi connectivity index (χ4v) is 2.92. The smallest absolute Gasteiger partial charge is 0.253 e. The Morgan fingerprint density at radius 1 is 1.15 bits per heavy atom. The van der Waals surface area contributed by atoms with Crippen LogP contribution in [0.3, 0.4) is 0 Å². The van der Waals surface area contributed by atoms with Gasteiger partial charge in [0.05, 0.1) is 6.61 Å². The van der Waals surface area contributed by atoms with Gasteiger partial charge < -0.3 is 19.9 Å². The van der Waals surface area contributed by atoms with Crippen molar-refractivity contribution in [2.24, 2.45) is 0 Å². The Balaban J connectivity index is 1.85. The van der Waals surface area contributed by atoms with E-state index in [2.05, 4.69) is 12.2 Å². The van der Waals surface area contributed by atoms with Crippen LogP contribution in [0, 0.1) is 0 Å². The van der Waals surface area contributed by atoms with Gasteiger partial charge in [-0.1, -0.05) is 13.3 Å². The number of rotatable bonds is 9. The van der Waals surface area contributed by atoms with Crippen molar-refractivity contribution >= 4 is 11.8 Å². The van der Waals surface area contributed by atoms with E-state index in [4.69, 9.17) is 4.74 Å². The topological polar surface area (TPSA) is 61.9 Å². The number of benzene rings is 1. The lowest BCUT2D eigenvalue weighted by atomic mass is 10.2. The van der Waals surface area contributed by atoms with Crippen LogP contribution in [0.4, 0.5) is 0 Å². The van der Waals surface area contributed by atoms with E-state index in [-0.39, 0.29) is 11.8 Å². The van der Waals surface area contributed by atoms with Gasteiger partial charge in [-0.3, -0.25) is 9.59 Å². The summed E-state index contributed by atoms with van der Waals surface area (Å²) in [6.07, 6.45) is 2.48. The SMILES string of the molecule is CCCCOc1ccc(C(=O)N(CC)CCC(=O)N2CCNCC2)cc1. The number of piperazine rings is 1. The maximum Gasteiger partial charge on any atom is 0.253 e. The van der Waals surface area contributed by atoms with Gasteiger partial charge in [0.2, 0.25) is 5.91 Å². The third kappa shape index (κ3) is 6.02. The summed E-state index contributed by atoms with van der Waals surface area (Å²) in [5, 5.41) is 3.24. The minimum Gasteiger partial charge on any atom is -0.494 e. The first-order valence-electron chi connectivity index (χ1n) is 9.66. The van der Waals surface area contributed by atoms with Gasteiger partial charge in [-0.2, -0.15) is 0 Å². The Morgan fingerprint density at radius 2 is 1.85 bits per heavy atom. The lowest BCUT2D eigenvalue weighted by Crippen LogP contribution is -2.47. The number of hydrogen-bond acceptors (Lipinski definition) is 4. The van der Waals surface area contributed by atoms with E-state index in [1.165, 1.54) is 0 Å². The van der Waals surface area contributed by atoms with Crippen molar-refractivity contribution in [1.29, 1.82) is 0 Å². The van der Waals surface area contributed by atoms with Gasteiger partial charge in [0, 0.05) is 51.3 Å². The molecule has 0 bridgehead atoms. The third-order valence-electron chi connectivity index (χ3n) is 4.60. The van der Waals surface area contributed by atoms with Gasteiger partial charge >= 0.3 is 0 Å². The Kier molecular flexibility index (Phi) is 8.41. The number of amides is 2. The van der Waals surface area contributed by atoms with E-state index in [9.17, 15) is 9.59 Å². The highest BCUT2D eigenvalue weighted by Gasteiger charge is 2.19. The molecule has 1 fully saturated rings. The van der Waals surface area contributed by atoms with Crippen LogP contribution >= 0.6 is 0 Å². The molecule has 6 nitrogen and oxygen atoms in total. The molecule has 1 aliphatic rings. The van der Waals surface area contributed by atoms with Gasteiger partial charge in [-0.15, -0.1) is 0 Å². The molecule has 1 aromatic rings. The minimum absolute atomic E-state index is 0.0410. The summed E-state index contributed by atoms with van der Waals surface area (Å²) in [6.45, 7) is 8.97. The molecule has 0 saturated carbocycles. The molecule has 0 atom stereocenters. The van der Waals surface area contributed by atoms with E-state index in [0.717, 1.165) is 44.8 Å². The second kappa shape index (κ2) is 10.8. The van der Waals surface area contributed by atoms with Gasteiger partial charge in [0.1, 0.15) is 5.75 Å². The fraction of sp³-hybridized carbons (Fsp3) is 0.600. The maximum absolute atomic E-state index is 12.7. The molecule has 2 rings (SSSR count). The number of unbranched alkanes of at least 4 members (excludes halogenated alkanes) is 1. The molecule has 0 aliphatic carbocycles. The van der Waals surface area contributed by atoms with Crippen LogP contribution in [0.2, 0.25) is 0 Å². The molecule has 1 aromatic carbocycles. The zero-order valence-corrected chi connectivity index (χ0v) is 16.0. The first kappa shape index (κ1) is 20.2. The second-order valence-electron chi connectivity index (χ2n) is 6.49. The summed E-state index contributed by atoms with van der Waals surface area (Å²) in [4.78, 5) is 28.6. The number of nitrogens with one attached hydrogen (secondary N) is 1. The standard InChI is InChI=1S/C20H31N3O3/c1-3-5-16-26-18-8-6-17(7-9-18)20(25)22(4-2)13-10-19(24)23-14-11-21-12-15-23/h6-9,21H,3-5,10-16H2,1-2H3. The van der Waals surface area contributed by atoms with Crippen LogP contribution < -0.4 is 10.1 Å². The summed E-state index contributed by atoms with van der Waals surface area (Å²) in [6, 6.07) is 7.26. The fourth-order valence-electron chi connectivity index (χ4n) is 2.92. The van der Waals surface area contributed by atoms with Gasteiger partial charge in [-0.05, 0) is 37.6 Å². The van der Waals surface area contributed by atoms with E-state index in [1.54, 1.807) is 17.0 Å². The number of carbonyl (C=O) groups excluding carboxylic acids is 2. The monoisotopic (exact) mass is 361 g/mol. The van der Waals surface area contributed by atoms with Gasteiger partial charge in [0.15, 0.2) is 0 Å². The molecular weight excluding hydrogens is 330 g/mol. The highest BCUT2D eigenvalue weighted by molar-refractivity contribution is 5.94. The second-order valence-corrected chi connectivity index (χ2v) is 6.49. The molecule has 0 unspecified atom stereocenters. The molecular formula is C20H31N3O3. The largest absolute Gasteiger partial charge is 0.494 e. The Labute approximate surface area is 156 Å². The normalized spacial score (nSPS) is 14.2. The van der Waals surface area contributed by atoms with E-state index >= 15 is 0 Å². The zero-order chi connectivity index (χ0) is 18.8. The Bertz CT molecular complexity index is 568. The van der Waals surface area contributed by atoms with Crippen LogP contribution in [0.1, 0.15) is 43.5 Å². The quantitative estimate of drug-likeness (QED) is 0.685. The molecule has 0 aromatic heterocycles. The van der Waals surface area contributed by atoms with Crippen LogP contribution in [0.5, 0.6) is 5.75 Å². The summed E-state index contributed by atoms with van der Waals surface area (Å²) in [5.41, 5.74) is 0.629. The molecule has 26 heavy (non-hydrogen) atoms. The predicted octanol–water partition coefficient (Wildman–Crippen LogP) is 2.15. The molecule has 1 heterocycles. The van der Waals surface area contributed by atoms with E-state index in [0.29, 0.717) is 31.7 Å². The number of hydrogen-bond donors (Lipinski definition) is 1. The van der Waals surface area contributed by atoms with Crippen molar-refractivity contribution < 1.29 is 14.3 Å². The molecule has 1 saturated heterocycles. The molecule has 0 radical (unpaired) electrons. The van der Waals surface area contributed by atoms with Gasteiger partial charge in [0.25, 0.3) is 5.91 Å². The van der Waals surface area contributed by atoms with Crippen molar-refractivity contribution in [3.05, 3.63) is 29.8 Å². The summed E-state index contributed by atoms with van der Waals surface area (Å²) < 4.78 is 5.63. The highest BCUT2D eigenvalue weighted by Crippen LogP contribution is 2.14. The third-order valence-corrected chi connectivity index (χ3v) is 4.60. The first-order chi connectivity index (χ1) is 12.7. The molecule has 2 amide bonds. The van der Waals surface area contributed by atoms with Crippen molar-refractivity contribution in [3.63, 3.8) is 0 Å².